The monoisotopic (exact) mass is 279 g/mol. The molecule has 0 aliphatic rings. The maximum absolute atomic E-state index is 11.9. The molecule has 0 atom stereocenters. The Balaban J connectivity index is 2.16. The zero-order chi connectivity index (χ0) is 14.8. The van der Waals surface area contributed by atoms with Crippen LogP contribution in [0.1, 0.15) is 16.1 Å². The maximum atomic E-state index is 11.9. The molecule has 2 aromatic carbocycles. The molecule has 0 saturated heterocycles. The fourth-order valence-electron chi connectivity index (χ4n) is 2.44. The van der Waals surface area contributed by atoms with E-state index >= 15 is 0 Å². The van der Waals surface area contributed by atoms with Crippen LogP contribution in [0.2, 0.25) is 0 Å². The lowest BCUT2D eigenvalue weighted by Crippen LogP contribution is -2.18. The number of carboxylic acid groups (broad SMARTS) is 1. The standard InChI is InChI=1S/C17H13NO3/c19-16(17(20)21)15-10-13-8-4-5-9-14(13)18(15)11-12-6-2-1-3-7-12/h1-10H,11H2,(H,20,21). The van der Waals surface area contributed by atoms with Crippen molar-refractivity contribution in [3.05, 3.63) is 71.9 Å². The lowest BCUT2D eigenvalue weighted by atomic mass is 10.2. The van der Waals surface area contributed by atoms with Gasteiger partial charge < -0.3 is 9.67 Å². The highest BCUT2D eigenvalue weighted by molar-refractivity contribution is 6.39. The molecule has 3 aromatic rings. The fraction of sp³-hybridized carbons (Fsp3) is 0.0588. The summed E-state index contributed by atoms with van der Waals surface area (Å²) in [5, 5.41) is 9.85. The summed E-state index contributed by atoms with van der Waals surface area (Å²) in [6.45, 7) is 0.461. The molecule has 0 radical (unpaired) electrons. The molecule has 21 heavy (non-hydrogen) atoms. The number of aliphatic carboxylic acids is 1. The molecule has 0 unspecified atom stereocenters. The van der Waals surface area contributed by atoms with Crippen molar-refractivity contribution in [2.24, 2.45) is 0 Å². The predicted molar refractivity (Wildman–Crippen MR) is 79.4 cm³/mol. The Morgan fingerprint density at radius 2 is 1.62 bits per heavy atom. The van der Waals surface area contributed by atoms with Crippen molar-refractivity contribution in [2.75, 3.05) is 0 Å². The number of benzene rings is 2. The van der Waals surface area contributed by atoms with Crippen molar-refractivity contribution in [1.82, 2.24) is 4.57 Å². The molecule has 1 N–H and O–H groups in total. The number of Topliss-reactive ketones (excluding diaryl/α,β-unsaturated/α-hetero) is 1. The molecule has 0 saturated carbocycles. The van der Waals surface area contributed by atoms with Gasteiger partial charge in [0.1, 0.15) is 0 Å². The number of aromatic nitrogens is 1. The van der Waals surface area contributed by atoms with Gasteiger partial charge in [-0.3, -0.25) is 4.79 Å². The van der Waals surface area contributed by atoms with E-state index < -0.39 is 11.8 Å². The van der Waals surface area contributed by atoms with E-state index in [4.69, 9.17) is 5.11 Å². The molecule has 0 aliphatic carbocycles. The largest absolute Gasteiger partial charge is 0.475 e. The van der Waals surface area contributed by atoms with Crippen molar-refractivity contribution < 1.29 is 14.7 Å². The Bertz CT molecular complexity index is 818. The molecule has 104 valence electrons. The average molecular weight is 279 g/mol. The van der Waals surface area contributed by atoms with Crippen molar-refractivity contribution in [3.8, 4) is 0 Å². The lowest BCUT2D eigenvalue weighted by molar-refractivity contribution is -0.131. The van der Waals surface area contributed by atoms with Gasteiger partial charge in [0, 0.05) is 17.4 Å². The van der Waals surface area contributed by atoms with Crippen molar-refractivity contribution in [1.29, 1.82) is 0 Å². The third-order valence-electron chi connectivity index (χ3n) is 3.42. The average Bonchev–Trinajstić information content (AvgIpc) is 2.86. The molecule has 1 heterocycles. The van der Waals surface area contributed by atoms with Gasteiger partial charge in [-0.15, -0.1) is 0 Å². The minimum atomic E-state index is -1.44. The maximum Gasteiger partial charge on any atom is 0.378 e. The van der Waals surface area contributed by atoms with Gasteiger partial charge in [-0.25, -0.2) is 4.79 Å². The lowest BCUT2D eigenvalue weighted by Gasteiger charge is -2.09. The number of hydrogen-bond acceptors (Lipinski definition) is 2. The zero-order valence-electron chi connectivity index (χ0n) is 11.2. The molecule has 0 amide bonds. The minimum absolute atomic E-state index is 0.201. The highest BCUT2D eigenvalue weighted by atomic mass is 16.4. The quantitative estimate of drug-likeness (QED) is 0.590. The molecule has 4 nitrogen and oxygen atoms in total. The Labute approximate surface area is 121 Å². The Hall–Kier alpha value is -2.88. The van der Waals surface area contributed by atoms with Crippen LogP contribution in [0, 0.1) is 0 Å². The van der Waals surface area contributed by atoms with E-state index in [-0.39, 0.29) is 5.69 Å². The van der Waals surface area contributed by atoms with Gasteiger partial charge in [0.25, 0.3) is 5.78 Å². The number of carbonyl (C=O) groups is 2. The van der Waals surface area contributed by atoms with Gasteiger partial charge in [-0.2, -0.15) is 0 Å². The van der Waals surface area contributed by atoms with Gasteiger partial charge in [0.2, 0.25) is 0 Å². The van der Waals surface area contributed by atoms with Crippen molar-refractivity contribution >= 4 is 22.7 Å². The van der Waals surface area contributed by atoms with E-state index in [1.54, 1.807) is 10.6 Å². The number of rotatable bonds is 4. The predicted octanol–water partition coefficient (Wildman–Crippen LogP) is 2.96. The minimum Gasteiger partial charge on any atom is -0.475 e. The van der Waals surface area contributed by atoms with E-state index in [1.165, 1.54) is 0 Å². The normalized spacial score (nSPS) is 10.7. The Morgan fingerprint density at radius 1 is 0.952 bits per heavy atom. The second kappa shape index (κ2) is 5.25. The molecular weight excluding hydrogens is 266 g/mol. The zero-order valence-corrected chi connectivity index (χ0v) is 11.2. The first-order valence-electron chi connectivity index (χ1n) is 6.56. The van der Waals surface area contributed by atoms with E-state index in [0.717, 1.165) is 16.5 Å². The summed E-state index contributed by atoms with van der Waals surface area (Å²) >= 11 is 0. The number of carbonyl (C=O) groups excluding carboxylic acids is 1. The van der Waals surface area contributed by atoms with Crippen LogP contribution < -0.4 is 0 Å². The van der Waals surface area contributed by atoms with E-state index in [9.17, 15) is 9.59 Å². The summed E-state index contributed by atoms with van der Waals surface area (Å²) in [7, 11) is 0. The summed E-state index contributed by atoms with van der Waals surface area (Å²) in [6, 6.07) is 18.8. The highest BCUT2D eigenvalue weighted by Crippen LogP contribution is 2.21. The first kappa shape index (κ1) is 13.1. The molecule has 1 aromatic heterocycles. The summed E-state index contributed by atoms with van der Waals surface area (Å²) in [5.41, 5.74) is 2.07. The van der Waals surface area contributed by atoms with Crippen LogP contribution in [-0.4, -0.2) is 21.4 Å². The molecule has 0 aliphatic heterocycles. The van der Waals surface area contributed by atoms with Crippen LogP contribution in [0.4, 0.5) is 0 Å². The molecular formula is C17H13NO3. The third-order valence-corrected chi connectivity index (χ3v) is 3.42. The second-order valence-electron chi connectivity index (χ2n) is 4.79. The smallest absolute Gasteiger partial charge is 0.378 e. The number of hydrogen-bond donors (Lipinski definition) is 1. The SMILES string of the molecule is O=C(O)C(=O)c1cc2ccccc2n1Cc1ccccc1. The van der Waals surface area contributed by atoms with Crippen LogP contribution in [0.15, 0.2) is 60.7 Å². The van der Waals surface area contributed by atoms with Crippen LogP contribution in [0.25, 0.3) is 10.9 Å². The van der Waals surface area contributed by atoms with Crippen LogP contribution in [0.3, 0.4) is 0 Å². The molecule has 0 fully saturated rings. The number of para-hydroxylation sites is 1. The molecule has 3 rings (SSSR count). The van der Waals surface area contributed by atoms with Gasteiger partial charge in [0.15, 0.2) is 0 Å². The van der Waals surface area contributed by atoms with Gasteiger partial charge in [0.05, 0.1) is 5.69 Å². The molecule has 0 bridgehead atoms. The van der Waals surface area contributed by atoms with Crippen LogP contribution in [0.5, 0.6) is 0 Å². The summed E-state index contributed by atoms with van der Waals surface area (Å²) < 4.78 is 1.75. The highest BCUT2D eigenvalue weighted by Gasteiger charge is 2.21. The van der Waals surface area contributed by atoms with Gasteiger partial charge in [-0.05, 0) is 17.7 Å². The number of carboxylic acids is 1. The first-order valence-corrected chi connectivity index (χ1v) is 6.56. The van der Waals surface area contributed by atoms with Crippen LogP contribution >= 0.6 is 0 Å². The first-order chi connectivity index (χ1) is 10.2. The van der Waals surface area contributed by atoms with E-state index in [0.29, 0.717) is 6.54 Å². The van der Waals surface area contributed by atoms with Crippen molar-refractivity contribution in [3.63, 3.8) is 0 Å². The number of fused-ring (bicyclic) bond motifs is 1. The summed E-state index contributed by atoms with van der Waals surface area (Å²) in [5.74, 6) is -2.32. The van der Waals surface area contributed by atoms with E-state index in [2.05, 4.69) is 0 Å². The third kappa shape index (κ3) is 2.43. The Morgan fingerprint density at radius 3 is 2.33 bits per heavy atom. The molecule has 0 spiro atoms. The topological polar surface area (TPSA) is 59.3 Å². The molecule has 4 heteroatoms. The van der Waals surface area contributed by atoms with Gasteiger partial charge in [-0.1, -0.05) is 48.5 Å². The number of nitrogens with zero attached hydrogens (tertiary/aromatic N) is 1. The van der Waals surface area contributed by atoms with Gasteiger partial charge >= 0.3 is 5.97 Å². The van der Waals surface area contributed by atoms with Crippen molar-refractivity contribution in [2.45, 2.75) is 6.54 Å². The summed E-state index contributed by atoms with van der Waals surface area (Å²) in [4.78, 5) is 22.9. The number of ketones is 1. The summed E-state index contributed by atoms with van der Waals surface area (Å²) in [6.07, 6.45) is 0. The van der Waals surface area contributed by atoms with Crippen LogP contribution in [-0.2, 0) is 11.3 Å². The Kier molecular flexibility index (Phi) is 3.28. The second-order valence-corrected chi connectivity index (χ2v) is 4.79. The fourth-order valence-corrected chi connectivity index (χ4v) is 2.44. The van der Waals surface area contributed by atoms with E-state index in [1.807, 2.05) is 54.6 Å².